The number of aryl methyl sites for hydroxylation is 2. The Morgan fingerprint density at radius 3 is 2.67 bits per heavy atom. The number of amides is 2. The van der Waals surface area contributed by atoms with E-state index in [0.29, 0.717) is 17.0 Å². The summed E-state index contributed by atoms with van der Waals surface area (Å²) in [7, 11) is 0. The SMILES string of the molecule is Cc1cc(C#N)cc(C)c1CC(=O)NC(C)c1ccc2c(c1)NC(=O)CO2. The van der Waals surface area contributed by atoms with E-state index in [0.717, 1.165) is 22.3 Å². The van der Waals surface area contributed by atoms with Crippen LogP contribution < -0.4 is 15.4 Å². The van der Waals surface area contributed by atoms with Crippen molar-refractivity contribution in [2.75, 3.05) is 11.9 Å². The second-order valence-electron chi connectivity index (χ2n) is 6.76. The number of fused-ring (bicyclic) bond motifs is 1. The lowest BCUT2D eigenvalue weighted by Crippen LogP contribution is -2.29. The summed E-state index contributed by atoms with van der Waals surface area (Å²) in [5.74, 6) is 0.334. The Labute approximate surface area is 158 Å². The van der Waals surface area contributed by atoms with Crippen LogP contribution in [0.15, 0.2) is 30.3 Å². The molecule has 0 spiro atoms. The van der Waals surface area contributed by atoms with E-state index in [2.05, 4.69) is 16.7 Å². The maximum Gasteiger partial charge on any atom is 0.262 e. The fourth-order valence-electron chi connectivity index (χ4n) is 3.24. The first-order valence-electron chi connectivity index (χ1n) is 8.73. The Morgan fingerprint density at radius 1 is 1.30 bits per heavy atom. The molecule has 2 aromatic carbocycles. The van der Waals surface area contributed by atoms with Crippen LogP contribution in [0.1, 0.15) is 40.8 Å². The summed E-state index contributed by atoms with van der Waals surface area (Å²) in [5, 5.41) is 14.8. The molecule has 6 heteroatoms. The largest absolute Gasteiger partial charge is 0.482 e. The fraction of sp³-hybridized carbons (Fsp3) is 0.286. The molecular formula is C21H21N3O3. The number of hydrogen-bond donors (Lipinski definition) is 2. The standard InChI is InChI=1S/C21H21N3O3/c1-12-6-15(10-22)7-13(2)17(12)9-20(25)23-14(3)16-4-5-19-18(8-16)24-21(26)11-27-19/h4-8,14H,9,11H2,1-3H3,(H,23,25)(H,24,26). The molecule has 0 radical (unpaired) electrons. The molecule has 3 rings (SSSR count). The first-order chi connectivity index (χ1) is 12.9. The number of rotatable bonds is 4. The zero-order valence-corrected chi connectivity index (χ0v) is 15.6. The van der Waals surface area contributed by atoms with E-state index in [1.807, 2.05) is 32.9 Å². The van der Waals surface area contributed by atoms with Gasteiger partial charge in [0.25, 0.3) is 5.91 Å². The third kappa shape index (κ3) is 4.09. The van der Waals surface area contributed by atoms with Crippen LogP contribution in [-0.4, -0.2) is 18.4 Å². The van der Waals surface area contributed by atoms with Gasteiger partial charge in [-0.25, -0.2) is 0 Å². The number of carbonyl (C=O) groups excluding carboxylic acids is 2. The summed E-state index contributed by atoms with van der Waals surface area (Å²) in [4.78, 5) is 24.0. The minimum Gasteiger partial charge on any atom is -0.482 e. The summed E-state index contributed by atoms with van der Waals surface area (Å²) in [5.41, 5.74) is 4.89. The number of carbonyl (C=O) groups is 2. The van der Waals surface area contributed by atoms with Crippen LogP contribution in [-0.2, 0) is 16.0 Å². The van der Waals surface area contributed by atoms with Gasteiger partial charge in [-0.3, -0.25) is 9.59 Å². The lowest BCUT2D eigenvalue weighted by atomic mass is 9.96. The Bertz CT molecular complexity index is 937. The molecule has 0 fully saturated rings. The van der Waals surface area contributed by atoms with E-state index in [1.165, 1.54) is 0 Å². The number of anilines is 1. The molecule has 27 heavy (non-hydrogen) atoms. The number of nitrogens with zero attached hydrogens (tertiary/aromatic N) is 1. The van der Waals surface area contributed by atoms with E-state index in [1.54, 1.807) is 18.2 Å². The molecule has 0 saturated heterocycles. The second-order valence-corrected chi connectivity index (χ2v) is 6.76. The normalized spacial score (nSPS) is 13.6. The van der Waals surface area contributed by atoms with Crippen LogP contribution in [0.3, 0.4) is 0 Å². The number of benzene rings is 2. The molecule has 0 aromatic heterocycles. The first-order valence-corrected chi connectivity index (χ1v) is 8.73. The monoisotopic (exact) mass is 363 g/mol. The van der Waals surface area contributed by atoms with Crippen molar-refractivity contribution in [3.63, 3.8) is 0 Å². The van der Waals surface area contributed by atoms with Gasteiger partial charge in [0.1, 0.15) is 5.75 Å². The molecule has 1 aliphatic rings. The number of hydrogen-bond acceptors (Lipinski definition) is 4. The molecule has 1 unspecified atom stereocenters. The van der Waals surface area contributed by atoms with Crippen molar-refractivity contribution in [3.8, 4) is 11.8 Å². The molecule has 1 atom stereocenters. The van der Waals surface area contributed by atoms with Gasteiger partial charge in [-0.05, 0) is 67.3 Å². The van der Waals surface area contributed by atoms with Gasteiger partial charge in [-0.2, -0.15) is 5.26 Å². The quantitative estimate of drug-likeness (QED) is 0.874. The Balaban J connectivity index is 1.71. The summed E-state index contributed by atoms with van der Waals surface area (Å²) in [6.07, 6.45) is 0.249. The van der Waals surface area contributed by atoms with Crippen LogP contribution in [0.4, 0.5) is 5.69 Å². The van der Waals surface area contributed by atoms with Crippen LogP contribution >= 0.6 is 0 Å². The van der Waals surface area contributed by atoms with Crippen molar-refractivity contribution in [1.82, 2.24) is 5.32 Å². The van der Waals surface area contributed by atoms with Gasteiger partial charge in [-0.15, -0.1) is 0 Å². The third-order valence-electron chi connectivity index (χ3n) is 4.68. The highest BCUT2D eigenvalue weighted by molar-refractivity contribution is 5.95. The fourth-order valence-corrected chi connectivity index (χ4v) is 3.24. The van der Waals surface area contributed by atoms with Crippen molar-refractivity contribution < 1.29 is 14.3 Å². The topological polar surface area (TPSA) is 91.2 Å². The Kier molecular flexibility index (Phi) is 5.13. The zero-order valence-electron chi connectivity index (χ0n) is 15.6. The zero-order chi connectivity index (χ0) is 19.6. The van der Waals surface area contributed by atoms with Gasteiger partial charge in [-0.1, -0.05) is 6.07 Å². The smallest absolute Gasteiger partial charge is 0.262 e. The summed E-state index contributed by atoms with van der Waals surface area (Å²) in [6, 6.07) is 11.0. The molecular weight excluding hydrogens is 342 g/mol. The van der Waals surface area contributed by atoms with Crippen LogP contribution in [0, 0.1) is 25.2 Å². The lowest BCUT2D eigenvalue weighted by Gasteiger charge is -2.21. The molecule has 138 valence electrons. The van der Waals surface area contributed by atoms with Crippen molar-refractivity contribution in [2.24, 2.45) is 0 Å². The van der Waals surface area contributed by atoms with Gasteiger partial charge in [0.05, 0.1) is 29.8 Å². The second kappa shape index (κ2) is 7.50. The van der Waals surface area contributed by atoms with Crippen molar-refractivity contribution >= 4 is 17.5 Å². The van der Waals surface area contributed by atoms with Gasteiger partial charge >= 0.3 is 0 Å². The van der Waals surface area contributed by atoms with Crippen molar-refractivity contribution in [2.45, 2.75) is 33.2 Å². The molecule has 0 aliphatic carbocycles. The molecule has 0 bridgehead atoms. The number of nitriles is 1. The summed E-state index contributed by atoms with van der Waals surface area (Å²) in [6.45, 7) is 5.73. The highest BCUT2D eigenvalue weighted by atomic mass is 16.5. The van der Waals surface area contributed by atoms with Gasteiger partial charge < -0.3 is 15.4 Å². The molecule has 2 amide bonds. The average Bonchev–Trinajstić information content (AvgIpc) is 2.63. The maximum atomic E-state index is 12.5. The highest BCUT2D eigenvalue weighted by Gasteiger charge is 2.19. The molecule has 6 nitrogen and oxygen atoms in total. The average molecular weight is 363 g/mol. The van der Waals surface area contributed by atoms with E-state index >= 15 is 0 Å². The van der Waals surface area contributed by atoms with E-state index in [-0.39, 0.29) is 30.9 Å². The highest BCUT2D eigenvalue weighted by Crippen LogP contribution is 2.30. The molecule has 2 N–H and O–H groups in total. The molecule has 1 aliphatic heterocycles. The number of nitrogens with one attached hydrogen (secondary N) is 2. The minimum atomic E-state index is -0.222. The van der Waals surface area contributed by atoms with Crippen LogP contribution in [0.25, 0.3) is 0 Å². The van der Waals surface area contributed by atoms with Crippen LogP contribution in [0.2, 0.25) is 0 Å². The molecule has 2 aromatic rings. The summed E-state index contributed by atoms with van der Waals surface area (Å²) >= 11 is 0. The molecule has 0 saturated carbocycles. The van der Waals surface area contributed by atoms with Gasteiger partial charge in [0, 0.05) is 0 Å². The predicted molar refractivity (Wildman–Crippen MR) is 101 cm³/mol. The Hall–Kier alpha value is -3.33. The lowest BCUT2D eigenvalue weighted by molar-refractivity contribution is -0.121. The third-order valence-corrected chi connectivity index (χ3v) is 4.68. The van der Waals surface area contributed by atoms with E-state index in [9.17, 15) is 9.59 Å². The Morgan fingerprint density at radius 2 is 2.00 bits per heavy atom. The maximum absolute atomic E-state index is 12.5. The minimum absolute atomic E-state index is 0.0158. The van der Waals surface area contributed by atoms with Gasteiger partial charge in [0.15, 0.2) is 6.61 Å². The summed E-state index contributed by atoms with van der Waals surface area (Å²) < 4.78 is 5.35. The molecule has 1 heterocycles. The van der Waals surface area contributed by atoms with Crippen LogP contribution in [0.5, 0.6) is 5.75 Å². The number of ether oxygens (including phenoxy) is 1. The van der Waals surface area contributed by atoms with Crippen molar-refractivity contribution in [1.29, 1.82) is 5.26 Å². The van der Waals surface area contributed by atoms with E-state index in [4.69, 9.17) is 10.00 Å². The predicted octanol–water partition coefficient (Wildman–Crippen LogP) is 2.93. The van der Waals surface area contributed by atoms with E-state index < -0.39 is 0 Å². The van der Waals surface area contributed by atoms with Gasteiger partial charge in [0.2, 0.25) is 5.91 Å². The first kappa shape index (κ1) is 18.5. The van der Waals surface area contributed by atoms with Crippen molar-refractivity contribution in [3.05, 3.63) is 58.1 Å².